The van der Waals surface area contributed by atoms with Gasteiger partial charge in [0.15, 0.2) is 0 Å². The topological polar surface area (TPSA) is 42.4 Å². The predicted molar refractivity (Wildman–Crippen MR) is 76.8 cm³/mol. The number of pyridine rings is 1. The number of carbonyl (C=O) groups excluding carboxylic acids is 1. The first-order valence-electron chi connectivity index (χ1n) is 7.65. The number of nitrogens with zero attached hydrogens (tertiary/aromatic N) is 2. The molecule has 3 rings (SSSR count). The van der Waals surface area contributed by atoms with E-state index >= 15 is 0 Å². The first kappa shape index (κ1) is 13.6. The molecule has 1 saturated carbocycles. The fourth-order valence-corrected chi connectivity index (χ4v) is 2.86. The molecule has 1 aromatic heterocycles. The second-order valence-electron chi connectivity index (χ2n) is 5.64. The van der Waals surface area contributed by atoms with Crippen LogP contribution < -0.4 is 0 Å². The van der Waals surface area contributed by atoms with Crippen LogP contribution in [0.5, 0.6) is 0 Å². The Morgan fingerprint density at radius 3 is 2.90 bits per heavy atom. The average molecular weight is 274 g/mol. The van der Waals surface area contributed by atoms with Crippen molar-refractivity contribution in [2.45, 2.75) is 45.6 Å². The maximum Gasteiger partial charge on any atom is 0.340 e. The molecule has 4 heteroatoms. The zero-order valence-corrected chi connectivity index (χ0v) is 12.3. The maximum absolute atomic E-state index is 12.2. The Kier molecular flexibility index (Phi) is 3.74. The van der Waals surface area contributed by atoms with Crippen molar-refractivity contribution in [3.63, 3.8) is 0 Å². The summed E-state index contributed by atoms with van der Waals surface area (Å²) in [7, 11) is 0. The van der Waals surface area contributed by atoms with Gasteiger partial charge >= 0.3 is 5.97 Å². The summed E-state index contributed by atoms with van der Waals surface area (Å²) in [4.78, 5) is 19.4. The highest BCUT2D eigenvalue weighted by Gasteiger charge is 2.32. The Morgan fingerprint density at radius 1 is 1.45 bits per heavy atom. The minimum atomic E-state index is -0.210. The molecule has 0 aromatic carbocycles. The Labute approximate surface area is 120 Å². The van der Waals surface area contributed by atoms with E-state index in [2.05, 4.69) is 11.8 Å². The summed E-state index contributed by atoms with van der Waals surface area (Å²) >= 11 is 0. The molecule has 2 heterocycles. The van der Waals surface area contributed by atoms with Crippen molar-refractivity contribution < 1.29 is 9.53 Å². The Hall–Kier alpha value is -1.42. The van der Waals surface area contributed by atoms with Crippen LogP contribution in [0.25, 0.3) is 0 Å². The lowest BCUT2D eigenvalue weighted by atomic mass is 10.00. The monoisotopic (exact) mass is 274 g/mol. The summed E-state index contributed by atoms with van der Waals surface area (Å²) in [6.45, 7) is 7.44. The van der Waals surface area contributed by atoms with Gasteiger partial charge < -0.3 is 4.74 Å². The highest BCUT2D eigenvalue weighted by molar-refractivity contribution is 5.91. The van der Waals surface area contributed by atoms with Crippen LogP contribution in [0.1, 0.15) is 59.9 Å². The lowest BCUT2D eigenvalue weighted by Gasteiger charge is -2.27. The molecular weight excluding hydrogens is 252 g/mol. The molecular formula is C16H22N2O2. The molecule has 1 aliphatic carbocycles. The first-order valence-corrected chi connectivity index (χ1v) is 7.65. The van der Waals surface area contributed by atoms with Crippen molar-refractivity contribution in [2.75, 3.05) is 19.7 Å². The van der Waals surface area contributed by atoms with Gasteiger partial charge in [-0.3, -0.25) is 9.88 Å². The molecule has 1 aliphatic heterocycles. The van der Waals surface area contributed by atoms with Crippen LogP contribution in [0.15, 0.2) is 6.07 Å². The third kappa shape index (κ3) is 2.57. The van der Waals surface area contributed by atoms with E-state index in [1.165, 1.54) is 11.3 Å². The highest BCUT2D eigenvalue weighted by Crippen LogP contribution is 2.41. The summed E-state index contributed by atoms with van der Waals surface area (Å²) in [5, 5.41) is 0. The standard InChI is InChI=1S/C16H22N2O2/c1-3-18-8-7-14-12(10-18)9-13(16(19)20-4-2)15(17-14)11-5-6-11/h9,11H,3-8,10H2,1-2H3. The second kappa shape index (κ2) is 5.52. The normalized spacial score (nSPS) is 18.7. The fraction of sp³-hybridized carbons (Fsp3) is 0.625. The van der Waals surface area contributed by atoms with Gasteiger partial charge in [-0.15, -0.1) is 0 Å². The van der Waals surface area contributed by atoms with E-state index in [-0.39, 0.29) is 5.97 Å². The van der Waals surface area contributed by atoms with Gasteiger partial charge in [-0.25, -0.2) is 4.79 Å². The number of aromatic nitrogens is 1. The summed E-state index contributed by atoms with van der Waals surface area (Å²) in [5.41, 5.74) is 4.06. The molecule has 0 radical (unpaired) electrons. The molecule has 108 valence electrons. The predicted octanol–water partition coefficient (Wildman–Crippen LogP) is 2.51. The fourth-order valence-electron chi connectivity index (χ4n) is 2.86. The molecule has 0 saturated heterocycles. The molecule has 0 atom stereocenters. The van der Waals surface area contributed by atoms with Crippen molar-refractivity contribution in [1.29, 1.82) is 0 Å². The van der Waals surface area contributed by atoms with Gasteiger partial charge in [-0.2, -0.15) is 0 Å². The third-order valence-corrected chi connectivity index (χ3v) is 4.19. The van der Waals surface area contributed by atoms with Crippen LogP contribution in [-0.4, -0.2) is 35.5 Å². The summed E-state index contributed by atoms with van der Waals surface area (Å²) in [5.74, 6) is 0.266. The average Bonchev–Trinajstić information content (AvgIpc) is 3.30. The van der Waals surface area contributed by atoms with Crippen LogP contribution in [0, 0.1) is 0 Å². The van der Waals surface area contributed by atoms with Crippen LogP contribution in [0.2, 0.25) is 0 Å². The number of likely N-dealkylation sites (N-methyl/N-ethyl adjacent to an activating group) is 1. The number of hydrogen-bond acceptors (Lipinski definition) is 4. The van der Waals surface area contributed by atoms with Crippen LogP contribution in [0.3, 0.4) is 0 Å². The molecule has 0 spiro atoms. The van der Waals surface area contributed by atoms with E-state index in [1.54, 1.807) is 0 Å². The number of esters is 1. The van der Waals surface area contributed by atoms with E-state index in [9.17, 15) is 4.79 Å². The quantitative estimate of drug-likeness (QED) is 0.791. The minimum absolute atomic E-state index is 0.210. The van der Waals surface area contributed by atoms with Gasteiger partial charge in [-0.05, 0) is 37.9 Å². The van der Waals surface area contributed by atoms with Crippen molar-refractivity contribution in [2.24, 2.45) is 0 Å². The molecule has 0 bridgehead atoms. The summed E-state index contributed by atoms with van der Waals surface area (Å²) in [6, 6.07) is 2.04. The molecule has 1 fully saturated rings. The van der Waals surface area contributed by atoms with Crippen LogP contribution in [-0.2, 0) is 17.7 Å². The smallest absolute Gasteiger partial charge is 0.340 e. The van der Waals surface area contributed by atoms with Gasteiger partial charge in [0.25, 0.3) is 0 Å². The summed E-state index contributed by atoms with van der Waals surface area (Å²) < 4.78 is 5.20. The van der Waals surface area contributed by atoms with E-state index < -0.39 is 0 Å². The first-order chi connectivity index (χ1) is 9.72. The van der Waals surface area contributed by atoms with Crippen LogP contribution in [0.4, 0.5) is 0 Å². The van der Waals surface area contributed by atoms with E-state index in [1.807, 2.05) is 13.0 Å². The molecule has 0 unspecified atom stereocenters. The molecule has 20 heavy (non-hydrogen) atoms. The second-order valence-corrected chi connectivity index (χ2v) is 5.64. The van der Waals surface area contributed by atoms with Gasteiger partial charge in [0.2, 0.25) is 0 Å². The molecule has 1 aromatic rings. The Balaban J connectivity index is 1.97. The third-order valence-electron chi connectivity index (χ3n) is 4.19. The zero-order chi connectivity index (χ0) is 14.1. The number of rotatable bonds is 4. The maximum atomic E-state index is 12.2. The Bertz CT molecular complexity index is 523. The zero-order valence-electron chi connectivity index (χ0n) is 12.3. The van der Waals surface area contributed by atoms with Gasteiger partial charge in [0.1, 0.15) is 0 Å². The largest absolute Gasteiger partial charge is 0.462 e. The molecule has 4 nitrogen and oxygen atoms in total. The summed E-state index contributed by atoms with van der Waals surface area (Å²) in [6.07, 6.45) is 3.30. The van der Waals surface area contributed by atoms with Gasteiger partial charge in [0.05, 0.1) is 17.9 Å². The van der Waals surface area contributed by atoms with Crippen molar-refractivity contribution in [3.8, 4) is 0 Å². The number of carbonyl (C=O) groups is 1. The lowest BCUT2D eigenvalue weighted by Crippen LogP contribution is -2.31. The van der Waals surface area contributed by atoms with Crippen molar-refractivity contribution in [3.05, 3.63) is 28.6 Å². The van der Waals surface area contributed by atoms with Gasteiger partial charge in [-0.1, -0.05) is 6.92 Å². The van der Waals surface area contributed by atoms with E-state index in [0.717, 1.165) is 44.6 Å². The van der Waals surface area contributed by atoms with Crippen molar-refractivity contribution >= 4 is 5.97 Å². The number of fused-ring (bicyclic) bond motifs is 1. The van der Waals surface area contributed by atoms with Crippen molar-refractivity contribution in [1.82, 2.24) is 9.88 Å². The van der Waals surface area contributed by atoms with E-state index in [0.29, 0.717) is 18.1 Å². The van der Waals surface area contributed by atoms with Crippen LogP contribution >= 0.6 is 0 Å². The highest BCUT2D eigenvalue weighted by atomic mass is 16.5. The Morgan fingerprint density at radius 2 is 2.25 bits per heavy atom. The number of ether oxygens (including phenoxy) is 1. The minimum Gasteiger partial charge on any atom is -0.462 e. The number of hydrogen-bond donors (Lipinski definition) is 0. The lowest BCUT2D eigenvalue weighted by molar-refractivity contribution is 0.0524. The molecule has 0 N–H and O–H groups in total. The molecule has 2 aliphatic rings. The van der Waals surface area contributed by atoms with E-state index in [4.69, 9.17) is 9.72 Å². The van der Waals surface area contributed by atoms with Gasteiger partial charge in [0, 0.05) is 31.1 Å². The molecule has 0 amide bonds. The SMILES string of the molecule is CCOC(=O)c1cc2c(nc1C1CC1)CCN(CC)C2.